The number of piperidine rings is 1. The van der Waals surface area contributed by atoms with Crippen molar-refractivity contribution in [3.63, 3.8) is 0 Å². The van der Waals surface area contributed by atoms with E-state index >= 15 is 0 Å². The lowest BCUT2D eigenvalue weighted by Gasteiger charge is -2.36. The molecule has 0 aliphatic carbocycles. The largest absolute Gasteiger partial charge is 0.444 e. The molecule has 6 nitrogen and oxygen atoms in total. The summed E-state index contributed by atoms with van der Waals surface area (Å²) in [5.74, 6) is -0.0870. The van der Waals surface area contributed by atoms with Crippen LogP contribution in [0.5, 0.6) is 0 Å². The Morgan fingerprint density at radius 3 is 2.46 bits per heavy atom. The second-order valence-corrected chi connectivity index (χ2v) is 10.1. The summed E-state index contributed by atoms with van der Waals surface area (Å²) in [6.45, 7) is 6.45. The highest BCUT2D eigenvalue weighted by atomic mass is 35.5. The molecule has 1 aromatic rings. The van der Waals surface area contributed by atoms with Gasteiger partial charge in [0.15, 0.2) is 0 Å². The number of nitrogens with zero attached hydrogens (tertiary/aromatic N) is 2. The van der Waals surface area contributed by atoms with Crippen molar-refractivity contribution in [1.82, 2.24) is 9.21 Å². The second kappa shape index (κ2) is 8.15. The molecule has 0 saturated carbocycles. The number of benzene rings is 1. The summed E-state index contributed by atoms with van der Waals surface area (Å²) in [6, 6.07) is 6.75. The van der Waals surface area contributed by atoms with Crippen molar-refractivity contribution < 1.29 is 17.9 Å². The molecule has 1 heterocycles. The first-order chi connectivity index (χ1) is 12.0. The number of hydrogen-bond donors (Lipinski definition) is 0. The summed E-state index contributed by atoms with van der Waals surface area (Å²) in [4.78, 5) is 13.8. The van der Waals surface area contributed by atoms with Crippen LogP contribution in [0.4, 0.5) is 4.79 Å². The van der Waals surface area contributed by atoms with Crippen LogP contribution in [0, 0.1) is 0 Å². The normalized spacial score (nSPS) is 16.8. The number of likely N-dealkylation sites (tertiary alicyclic amines) is 1. The van der Waals surface area contributed by atoms with Crippen molar-refractivity contribution in [3.05, 3.63) is 34.9 Å². The van der Waals surface area contributed by atoms with Crippen molar-refractivity contribution in [3.8, 4) is 0 Å². The van der Waals surface area contributed by atoms with Gasteiger partial charge < -0.3 is 9.64 Å². The molecule has 1 fully saturated rings. The van der Waals surface area contributed by atoms with Crippen molar-refractivity contribution in [2.75, 3.05) is 20.1 Å². The first-order valence-corrected chi connectivity index (χ1v) is 10.6. The molecule has 1 amide bonds. The van der Waals surface area contributed by atoms with Crippen molar-refractivity contribution in [1.29, 1.82) is 0 Å². The number of carbonyl (C=O) groups excluding carboxylic acids is 1. The Morgan fingerprint density at radius 1 is 1.31 bits per heavy atom. The average molecular weight is 403 g/mol. The smallest absolute Gasteiger partial charge is 0.410 e. The van der Waals surface area contributed by atoms with Gasteiger partial charge in [0, 0.05) is 31.2 Å². The molecule has 1 aromatic carbocycles. The van der Waals surface area contributed by atoms with Gasteiger partial charge in [-0.05, 0) is 51.3 Å². The molecule has 0 bridgehead atoms. The van der Waals surface area contributed by atoms with E-state index in [0.717, 1.165) is 0 Å². The lowest BCUT2D eigenvalue weighted by Crippen LogP contribution is -2.48. The molecule has 0 unspecified atom stereocenters. The number of ether oxygens (including phenoxy) is 1. The van der Waals surface area contributed by atoms with Crippen LogP contribution in [-0.4, -0.2) is 55.5 Å². The number of amides is 1. The predicted molar refractivity (Wildman–Crippen MR) is 103 cm³/mol. The van der Waals surface area contributed by atoms with Gasteiger partial charge in [-0.1, -0.05) is 23.7 Å². The molecule has 2 rings (SSSR count). The maximum Gasteiger partial charge on any atom is 0.410 e. The van der Waals surface area contributed by atoms with Crippen LogP contribution in [0.25, 0.3) is 0 Å². The molecule has 8 heteroatoms. The van der Waals surface area contributed by atoms with E-state index in [4.69, 9.17) is 16.3 Å². The van der Waals surface area contributed by atoms with E-state index in [-0.39, 0.29) is 17.9 Å². The molecule has 26 heavy (non-hydrogen) atoms. The Labute approximate surface area is 161 Å². The Balaban J connectivity index is 1.94. The summed E-state index contributed by atoms with van der Waals surface area (Å²) in [7, 11) is -1.85. The third kappa shape index (κ3) is 5.86. The molecular formula is C18H27ClN2O4S. The third-order valence-electron chi connectivity index (χ3n) is 4.31. The summed E-state index contributed by atoms with van der Waals surface area (Å²) in [5, 5.41) is 0.519. The molecule has 0 spiro atoms. The number of halogens is 1. The van der Waals surface area contributed by atoms with Crippen LogP contribution < -0.4 is 0 Å². The molecule has 0 radical (unpaired) electrons. The van der Waals surface area contributed by atoms with Gasteiger partial charge >= 0.3 is 6.09 Å². The fraction of sp³-hybridized carbons (Fsp3) is 0.611. The Bertz CT molecular complexity index is 738. The molecule has 1 aliphatic rings. The minimum Gasteiger partial charge on any atom is -0.444 e. The van der Waals surface area contributed by atoms with E-state index in [1.165, 1.54) is 4.31 Å². The lowest BCUT2D eigenvalue weighted by atomic mass is 10.1. The van der Waals surface area contributed by atoms with Crippen LogP contribution >= 0.6 is 11.6 Å². The SMILES string of the molecule is CN(C1CCN(C(=O)OC(C)(C)C)CC1)S(=O)(=O)Cc1cccc(Cl)c1. The second-order valence-electron chi connectivity index (χ2n) is 7.60. The fourth-order valence-electron chi connectivity index (χ4n) is 2.90. The summed E-state index contributed by atoms with van der Waals surface area (Å²) in [5.41, 5.74) is 0.126. The summed E-state index contributed by atoms with van der Waals surface area (Å²) < 4.78 is 32.2. The van der Waals surface area contributed by atoms with Crippen LogP contribution in [0.1, 0.15) is 39.2 Å². The molecule has 1 saturated heterocycles. The summed E-state index contributed by atoms with van der Waals surface area (Å²) >= 11 is 5.94. The van der Waals surface area contributed by atoms with Crippen molar-refractivity contribution >= 4 is 27.7 Å². The predicted octanol–water partition coefficient (Wildman–Crippen LogP) is 3.50. The van der Waals surface area contributed by atoms with Crippen molar-refractivity contribution in [2.45, 2.75) is 51.0 Å². The highest BCUT2D eigenvalue weighted by Gasteiger charge is 2.32. The molecule has 0 N–H and O–H groups in total. The highest BCUT2D eigenvalue weighted by Crippen LogP contribution is 2.22. The third-order valence-corrected chi connectivity index (χ3v) is 6.42. The minimum atomic E-state index is -3.46. The first kappa shape index (κ1) is 21.0. The number of carbonyl (C=O) groups is 1. The van der Waals surface area contributed by atoms with E-state index < -0.39 is 15.6 Å². The number of rotatable bonds is 4. The standard InChI is InChI=1S/C18H27ClN2O4S/c1-18(2,3)25-17(22)21-10-8-16(9-11-21)20(4)26(23,24)13-14-6-5-7-15(19)12-14/h5-7,12,16H,8-11,13H2,1-4H3. The van der Waals surface area contributed by atoms with Gasteiger partial charge in [-0.25, -0.2) is 17.5 Å². The monoisotopic (exact) mass is 402 g/mol. The van der Waals surface area contributed by atoms with Crippen LogP contribution in [-0.2, 0) is 20.5 Å². The molecule has 0 aromatic heterocycles. The van der Waals surface area contributed by atoms with Crippen molar-refractivity contribution in [2.24, 2.45) is 0 Å². The molecule has 0 atom stereocenters. The quantitative estimate of drug-likeness (QED) is 0.772. The van der Waals surface area contributed by atoms with E-state index in [0.29, 0.717) is 36.5 Å². The Morgan fingerprint density at radius 2 is 1.92 bits per heavy atom. The molecular weight excluding hydrogens is 376 g/mol. The minimum absolute atomic E-state index is 0.0870. The topological polar surface area (TPSA) is 66.9 Å². The van der Waals surface area contributed by atoms with Crippen LogP contribution in [0.15, 0.2) is 24.3 Å². The maximum absolute atomic E-state index is 12.7. The Hall–Kier alpha value is -1.31. The summed E-state index contributed by atoms with van der Waals surface area (Å²) in [6.07, 6.45) is 0.829. The zero-order chi connectivity index (χ0) is 19.5. The van der Waals surface area contributed by atoms with Gasteiger partial charge in [-0.3, -0.25) is 0 Å². The zero-order valence-electron chi connectivity index (χ0n) is 15.7. The first-order valence-electron chi connectivity index (χ1n) is 8.66. The van der Waals surface area contributed by atoms with Gasteiger partial charge in [0.05, 0.1) is 5.75 Å². The number of sulfonamides is 1. The van der Waals surface area contributed by atoms with Gasteiger partial charge in [0.25, 0.3) is 0 Å². The van der Waals surface area contributed by atoms with E-state index in [9.17, 15) is 13.2 Å². The lowest BCUT2D eigenvalue weighted by molar-refractivity contribution is 0.0183. The Kier molecular flexibility index (Phi) is 6.58. The molecule has 146 valence electrons. The molecule has 1 aliphatic heterocycles. The van der Waals surface area contributed by atoms with E-state index in [1.54, 1.807) is 36.2 Å². The van der Waals surface area contributed by atoms with E-state index in [2.05, 4.69) is 0 Å². The fourth-order valence-corrected chi connectivity index (χ4v) is 4.59. The van der Waals surface area contributed by atoms with Gasteiger partial charge in [0.1, 0.15) is 5.60 Å². The van der Waals surface area contributed by atoms with Gasteiger partial charge in [-0.15, -0.1) is 0 Å². The zero-order valence-corrected chi connectivity index (χ0v) is 17.3. The van der Waals surface area contributed by atoms with E-state index in [1.807, 2.05) is 20.8 Å². The van der Waals surface area contributed by atoms with Crippen LogP contribution in [0.2, 0.25) is 5.02 Å². The highest BCUT2D eigenvalue weighted by molar-refractivity contribution is 7.88. The number of hydrogen-bond acceptors (Lipinski definition) is 4. The van der Waals surface area contributed by atoms with Gasteiger partial charge in [-0.2, -0.15) is 0 Å². The maximum atomic E-state index is 12.7. The van der Waals surface area contributed by atoms with Crippen LogP contribution in [0.3, 0.4) is 0 Å². The van der Waals surface area contributed by atoms with Gasteiger partial charge in [0.2, 0.25) is 10.0 Å². The average Bonchev–Trinajstić information content (AvgIpc) is 2.52.